The highest BCUT2D eigenvalue weighted by molar-refractivity contribution is 5.98. The van der Waals surface area contributed by atoms with Gasteiger partial charge in [0, 0.05) is 0 Å². The Kier molecular flexibility index (Phi) is 0.984. The first-order valence-electron chi connectivity index (χ1n) is 4.36. The lowest BCUT2D eigenvalue weighted by molar-refractivity contribution is 1.42. The number of aryl methyl sites for hydroxylation is 1. The summed E-state index contributed by atoms with van der Waals surface area (Å²) in [5.41, 5.74) is 7.39. The summed E-state index contributed by atoms with van der Waals surface area (Å²) in [6, 6.07) is 6.57. The lowest BCUT2D eigenvalue weighted by Crippen LogP contribution is -1.87. The predicted octanol–water partition coefficient (Wildman–Crippen LogP) is 3.18. The van der Waals surface area contributed by atoms with Crippen LogP contribution in [0, 0.1) is 6.92 Å². The molecule has 2 bridgehead atoms. The molecule has 0 unspecified atom stereocenters. The van der Waals surface area contributed by atoms with Crippen LogP contribution in [-0.4, -0.2) is 0 Å². The first kappa shape index (κ1) is 6.24. The van der Waals surface area contributed by atoms with E-state index >= 15 is 0 Å². The van der Waals surface area contributed by atoms with Crippen molar-refractivity contribution >= 4 is 11.1 Å². The van der Waals surface area contributed by atoms with Crippen LogP contribution in [-0.2, 0) is 0 Å². The minimum Gasteiger partial charge on any atom is -0.0614 e. The van der Waals surface area contributed by atoms with Crippen molar-refractivity contribution in [1.29, 1.82) is 0 Å². The first-order valence-corrected chi connectivity index (χ1v) is 4.36. The van der Waals surface area contributed by atoms with E-state index in [1.807, 2.05) is 0 Å². The van der Waals surface area contributed by atoms with Crippen molar-refractivity contribution in [1.82, 2.24) is 0 Å². The van der Waals surface area contributed by atoms with Crippen LogP contribution in [0.15, 0.2) is 30.4 Å². The number of hydrogen-bond donors (Lipinski definition) is 0. The second kappa shape index (κ2) is 1.89. The van der Waals surface area contributed by atoms with Gasteiger partial charge in [-0.05, 0) is 41.2 Å². The van der Waals surface area contributed by atoms with Crippen molar-refractivity contribution in [2.45, 2.75) is 13.3 Å². The van der Waals surface area contributed by atoms with Crippen molar-refractivity contribution < 1.29 is 0 Å². The van der Waals surface area contributed by atoms with Crippen molar-refractivity contribution in [3.63, 3.8) is 0 Å². The van der Waals surface area contributed by atoms with Crippen molar-refractivity contribution in [2.75, 3.05) is 0 Å². The van der Waals surface area contributed by atoms with Crippen LogP contribution in [0.2, 0.25) is 0 Å². The summed E-state index contributed by atoms with van der Waals surface area (Å²) in [4.78, 5) is 0. The van der Waals surface area contributed by atoms with Crippen LogP contribution in [0.5, 0.6) is 0 Å². The summed E-state index contributed by atoms with van der Waals surface area (Å²) >= 11 is 0. The third kappa shape index (κ3) is 0.585. The van der Waals surface area contributed by atoms with Crippen LogP contribution < -0.4 is 0 Å². The molecule has 12 heavy (non-hydrogen) atoms. The van der Waals surface area contributed by atoms with E-state index in [9.17, 15) is 0 Å². The smallest absolute Gasteiger partial charge is 0.00133 e. The fraction of sp³-hybridized carbons (Fsp3) is 0.167. The van der Waals surface area contributed by atoms with Gasteiger partial charge in [0.05, 0.1) is 0 Å². The zero-order valence-electron chi connectivity index (χ0n) is 7.09. The molecule has 2 aliphatic rings. The molecule has 2 aliphatic carbocycles. The second-order valence-electron chi connectivity index (χ2n) is 3.56. The molecular weight excluding hydrogens is 144 g/mol. The molecule has 0 atom stereocenters. The van der Waals surface area contributed by atoms with E-state index in [-0.39, 0.29) is 0 Å². The summed E-state index contributed by atoms with van der Waals surface area (Å²) in [5.74, 6) is 0. The van der Waals surface area contributed by atoms with Crippen LogP contribution in [0.25, 0.3) is 11.1 Å². The van der Waals surface area contributed by atoms with E-state index < -0.39 is 0 Å². The Balaban J connectivity index is 2.42. The highest BCUT2D eigenvalue weighted by Crippen LogP contribution is 2.45. The number of hydrogen-bond acceptors (Lipinski definition) is 0. The molecule has 3 rings (SSSR count). The lowest BCUT2D eigenvalue weighted by atomic mass is 9.98. The Bertz CT molecular complexity index is 420. The molecule has 0 radical (unpaired) electrons. The van der Waals surface area contributed by atoms with Gasteiger partial charge in [-0.15, -0.1) is 0 Å². The monoisotopic (exact) mass is 154 g/mol. The number of rotatable bonds is 0. The molecule has 0 heterocycles. The van der Waals surface area contributed by atoms with E-state index in [2.05, 4.69) is 37.3 Å². The molecule has 0 saturated heterocycles. The molecule has 58 valence electrons. The van der Waals surface area contributed by atoms with Gasteiger partial charge >= 0.3 is 0 Å². The van der Waals surface area contributed by atoms with Crippen molar-refractivity contribution in [2.24, 2.45) is 0 Å². The molecule has 0 nitrogen and oxygen atoms in total. The molecule has 1 aromatic rings. The van der Waals surface area contributed by atoms with Gasteiger partial charge in [0.25, 0.3) is 0 Å². The third-order valence-corrected chi connectivity index (χ3v) is 2.81. The number of benzene rings is 1. The zero-order valence-corrected chi connectivity index (χ0v) is 7.09. The minimum absolute atomic E-state index is 1.17. The van der Waals surface area contributed by atoms with Crippen LogP contribution in [0.1, 0.15) is 23.1 Å². The fourth-order valence-corrected chi connectivity index (χ4v) is 2.24. The quantitative estimate of drug-likeness (QED) is 0.538. The molecule has 0 saturated carbocycles. The summed E-state index contributed by atoms with van der Waals surface area (Å²) < 4.78 is 0. The Labute approximate surface area is 72.2 Å². The zero-order chi connectivity index (χ0) is 8.13. The van der Waals surface area contributed by atoms with Crippen LogP contribution >= 0.6 is 0 Å². The fourth-order valence-electron chi connectivity index (χ4n) is 2.24. The molecular formula is C12H10. The highest BCUT2D eigenvalue weighted by atomic mass is 14.3. The SMILES string of the molecule is Cc1cccc2c1C1=CC=C2C1. The third-order valence-electron chi connectivity index (χ3n) is 2.81. The second-order valence-corrected chi connectivity index (χ2v) is 3.56. The molecule has 0 fully saturated rings. The summed E-state index contributed by atoms with van der Waals surface area (Å²) in [5, 5.41) is 0. The standard InChI is InChI=1S/C12H10/c1-8-3-2-4-11-9-5-6-10(7-9)12(8)11/h2-6H,7H2,1H3. The van der Waals surface area contributed by atoms with Gasteiger partial charge < -0.3 is 0 Å². The minimum atomic E-state index is 1.17. The summed E-state index contributed by atoms with van der Waals surface area (Å²) in [6.07, 6.45) is 5.67. The average Bonchev–Trinajstić information content (AvgIpc) is 2.64. The Morgan fingerprint density at radius 2 is 1.92 bits per heavy atom. The van der Waals surface area contributed by atoms with E-state index in [1.54, 1.807) is 0 Å². The van der Waals surface area contributed by atoms with Gasteiger partial charge in [0.15, 0.2) is 0 Å². The first-order chi connectivity index (χ1) is 5.86. The van der Waals surface area contributed by atoms with Gasteiger partial charge in [0.1, 0.15) is 0 Å². The number of fused-ring (bicyclic) bond motifs is 5. The van der Waals surface area contributed by atoms with E-state index in [4.69, 9.17) is 0 Å². The van der Waals surface area contributed by atoms with Crippen molar-refractivity contribution in [3.05, 3.63) is 47.0 Å². The molecule has 0 amide bonds. The number of allylic oxidation sites excluding steroid dienone is 4. The maximum Gasteiger partial charge on any atom is -0.00133 e. The lowest BCUT2D eigenvalue weighted by Gasteiger charge is -2.06. The summed E-state index contributed by atoms with van der Waals surface area (Å²) in [6.45, 7) is 2.20. The maximum atomic E-state index is 2.25. The van der Waals surface area contributed by atoms with E-state index in [0.717, 1.165) is 0 Å². The molecule has 0 aliphatic heterocycles. The Hall–Kier alpha value is -1.30. The molecule has 0 spiro atoms. The Morgan fingerprint density at radius 1 is 1.08 bits per heavy atom. The van der Waals surface area contributed by atoms with E-state index in [1.165, 1.54) is 34.3 Å². The Morgan fingerprint density at radius 3 is 2.75 bits per heavy atom. The molecule has 0 aromatic heterocycles. The molecule has 0 heteroatoms. The van der Waals surface area contributed by atoms with Crippen molar-refractivity contribution in [3.8, 4) is 0 Å². The van der Waals surface area contributed by atoms with Gasteiger partial charge in [0.2, 0.25) is 0 Å². The molecule has 0 N–H and O–H groups in total. The van der Waals surface area contributed by atoms with Gasteiger partial charge in [-0.25, -0.2) is 0 Å². The van der Waals surface area contributed by atoms with Gasteiger partial charge in [-0.1, -0.05) is 30.4 Å². The average molecular weight is 154 g/mol. The predicted molar refractivity (Wildman–Crippen MR) is 51.8 cm³/mol. The normalized spacial score (nSPS) is 17.4. The van der Waals surface area contributed by atoms with Gasteiger partial charge in [-0.3, -0.25) is 0 Å². The topological polar surface area (TPSA) is 0 Å². The van der Waals surface area contributed by atoms with E-state index in [0.29, 0.717) is 0 Å². The molecule has 1 aromatic carbocycles. The van der Waals surface area contributed by atoms with Gasteiger partial charge in [-0.2, -0.15) is 0 Å². The van der Waals surface area contributed by atoms with Crippen LogP contribution in [0.3, 0.4) is 0 Å². The highest BCUT2D eigenvalue weighted by Gasteiger charge is 2.24. The maximum absolute atomic E-state index is 2.25. The summed E-state index contributed by atoms with van der Waals surface area (Å²) in [7, 11) is 0. The van der Waals surface area contributed by atoms with Crippen LogP contribution in [0.4, 0.5) is 0 Å². The largest absolute Gasteiger partial charge is 0.0614 e.